The number of nitrogens with zero attached hydrogens (tertiary/aromatic N) is 1. The zero-order valence-corrected chi connectivity index (χ0v) is 7.91. The molecule has 1 atom stereocenters. The molecule has 1 N–H and O–H groups in total. The van der Waals surface area contributed by atoms with Crippen molar-refractivity contribution in [1.29, 1.82) is 0 Å². The molecule has 1 rings (SSSR count). The number of benzene rings is 1. The highest BCUT2D eigenvalue weighted by atomic mass is 19.1. The van der Waals surface area contributed by atoms with Crippen LogP contribution in [0.1, 0.15) is 12.5 Å². The van der Waals surface area contributed by atoms with Crippen LogP contribution in [0.4, 0.5) is 14.5 Å². The number of hydrogen-bond donors (Lipinski definition) is 1. The van der Waals surface area contributed by atoms with Gasteiger partial charge in [0.2, 0.25) is 5.82 Å². The normalized spacial score (nSPS) is 12.5. The Hall–Kier alpha value is -1.56. The molecule has 1 aromatic rings. The summed E-state index contributed by atoms with van der Waals surface area (Å²) in [5.74, 6) is -2.11. The lowest BCUT2D eigenvalue weighted by Crippen LogP contribution is -2.09. The summed E-state index contributed by atoms with van der Waals surface area (Å²) in [5, 5.41) is 19.3. The minimum absolute atomic E-state index is 0.292. The number of halogens is 2. The van der Waals surface area contributed by atoms with Crippen LogP contribution in [0.5, 0.6) is 0 Å². The fourth-order valence-corrected chi connectivity index (χ4v) is 1.21. The van der Waals surface area contributed by atoms with E-state index in [9.17, 15) is 18.9 Å². The average Bonchev–Trinajstić information content (AvgIpc) is 2.11. The number of aliphatic hydroxyl groups is 1. The Morgan fingerprint density at radius 2 is 2.13 bits per heavy atom. The van der Waals surface area contributed by atoms with Gasteiger partial charge in [0, 0.05) is 18.1 Å². The number of hydrogen-bond acceptors (Lipinski definition) is 3. The summed E-state index contributed by atoms with van der Waals surface area (Å²) < 4.78 is 26.4. The van der Waals surface area contributed by atoms with Gasteiger partial charge in [0.25, 0.3) is 0 Å². The number of rotatable bonds is 3. The molecule has 0 radical (unpaired) electrons. The van der Waals surface area contributed by atoms with Gasteiger partial charge < -0.3 is 5.11 Å². The minimum Gasteiger partial charge on any atom is -0.393 e. The van der Waals surface area contributed by atoms with Gasteiger partial charge in [-0.3, -0.25) is 10.1 Å². The molecule has 4 nitrogen and oxygen atoms in total. The molecule has 0 aliphatic rings. The minimum atomic E-state index is -1.22. The first-order valence-corrected chi connectivity index (χ1v) is 4.22. The topological polar surface area (TPSA) is 63.4 Å². The fourth-order valence-electron chi connectivity index (χ4n) is 1.21. The van der Waals surface area contributed by atoms with E-state index in [2.05, 4.69) is 0 Å². The summed E-state index contributed by atoms with van der Waals surface area (Å²) in [4.78, 5) is 9.42. The van der Waals surface area contributed by atoms with Gasteiger partial charge in [-0.05, 0) is 13.0 Å². The zero-order chi connectivity index (χ0) is 11.6. The lowest BCUT2D eigenvalue weighted by molar-refractivity contribution is -0.387. The van der Waals surface area contributed by atoms with Crippen LogP contribution in [-0.2, 0) is 6.42 Å². The molecule has 0 heterocycles. The molecule has 0 unspecified atom stereocenters. The van der Waals surface area contributed by atoms with Crippen molar-refractivity contribution >= 4 is 5.69 Å². The smallest absolute Gasteiger partial charge is 0.305 e. The van der Waals surface area contributed by atoms with Crippen molar-refractivity contribution in [3.8, 4) is 0 Å². The number of nitro benzene ring substituents is 1. The Labute approximate surface area is 84.3 Å². The average molecular weight is 217 g/mol. The van der Waals surface area contributed by atoms with E-state index in [1.54, 1.807) is 0 Å². The molecule has 0 amide bonds. The lowest BCUT2D eigenvalue weighted by Gasteiger charge is -2.06. The summed E-state index contributed by atoms with van der Waals surface area (Å²) in [7, 11) is 0. The molecule has 0 saturated carbocycles. The van der Waals surface area contributed by atoms with Crippen LogP contribution >= 0.6 is 0 Å². The molecule has 1 aromatic carbocycles. The zero-order valence-electron chi connectivity index (χ0n) is 7.91. The molecule has 0 fully saturated rings. The summed E-state index contributed by atoms with van der Waals surface area (Å²) in [6, 6.07) is 1.58. The Kier molecular flexibility index (Phi) is 3.31. The predicted octanol–water partition coefficient (Wildman–Crippen LogP) is 1.80. The standard InChI is InChI=1S/C9H9F2NO3/c1-5(13)4-6-7(10)2-3-8(9(6)11)12(14)15/h2-3,5,13H,4H2,1H3/t5-/m0/s1. The van der Waals surface area contributed by atoms with E-state index >= 15 is 0 Å². The van der Waals surface area contributed by atoms with Crippen LogP contribution in [0.2, 0.25) is 0 Å². The maximum absolute atomic E-state index is 13.4. The molecule has 0 spiro atoms. The number of aliphatic hydroxyl groups excluding tert-OH is 1. The van der Waals surface area contributed by atoms with Gasteiger partial charge in [0.15, 0.2) is 0 Å². The van der Waals surface area contributed by atoms with Crippen molar-refractivity contribution in [3.63, 3.8) is 0 Å². The summed E-state index contributed by atoms with van der Waals surface area (Å²) in [5.41, 5.74) is -1.24. The van der Waals surface area contributed by atoms with Crippen LogP contribution in [0.3, 0.4) is 0 Å². The van der Waals surface area contributed by atoms with Crippen LogP contribution in [-0.4, -0.2) is 16.1 Å². The van der Waals surface area contributed by atoms with Gasteiger partial charge >= 0.3 is 5.69 Å². The Bertz CT molecular complexity index is 393. The van der Waals surface area contributed by atoms with Crippen molar-refractivity contribution in [1.82, 2.24) is 0 Å². The van der Waals surface area contributed by atoms with Crippen molar-refractivity contribution in [2.75, 3.05) is 0 Å². The quantitative estimate of drug-likeness (QED) is 0.620. The highest BCUT2D eigenvalue weighted by Crippen LogP contribution is 2.23. The second-order valence-electron chi connectivity index (χ2n) is 3.17. The molecule has 15 heavy (non-hydrogen) atoms. The van der Waals surface area contributed by atoms with Crippen molar-refractivity contribution in [3.05, 3.63) is 39.4 Å². The van der Waals surface area contributed by atoms with Crippen molar-refractivity contribution in [2.45, 2.75) is 19.4 Å². The third-order valence-corrected chi connectivity index (χ3v) is 1.86. The Morgan fingerprint density at radius 1 is 1.53 bits per heavy atom. The fraction of sp³-hybridized carbons (Fsp3) is 0.333. The second kappa shape index (κ2) is 4.31. The van der Waals surface area contributed by atoms with Gasteiger partial charge in [0.1, 0.15) is 5.82 Å². The molecule has 0 aromatic heterocycles. The van der Waals surface area contributed by atoms with E-state index in [-0.39, 0.29) is 6.42 Å². The van der Waals surface area contributed by atoms with Gasteiger partial charge in [0.05, 0.1) is 11.0 Å². The largest absolute Gasteiger partial charge is 0.393 e. The molecule has 82 valence electrons. The summed E-state index contributed by atoms with van der Waals surface area (Å²) in [6.45, 7) is 1.34. The third-order valence-electron chi connectivity index (χ3n) is 1.86. The number of nitro groups is 1. The highest BCUT2D eigenvalue weighted by Gasteiger charge is 2.21. The molecular formula is C9H9F2NO3. The van der Waals surface area contributed by atoms with E-state index in [0.29, 0.717) is 0 Å². The van der Waals surface area contributed by atoms with E-state index < -0.39 is 33.9 Å². The van der Waals surface area contributed by atoms with Gasteiger partial charge in [-0.1, -0.05) is 0 Å². The van der Waals surface area contributed by atoms with E-state index in [1.807, 2.05) is 0 Å². The third kappa shape index (κ3) is 2.47. The Balaban J connectivity index is 3.24. The second-order valence-corrected chi connectivity index (χ2v) is 3.17. The van der Waals surface area contributed by atoms with Crippen LogP contribution < -0.4 is 0 Å². The van der Waals surface area contributed by atoms with Crippen LogP contribution in [0, 0.1) is 21.7 Å². The van der Waals surface area contributed by atoms with E-state index in [1.165, 1.54) is 6.92 Å². The lowest BCUT2D eigenvalue weighted by atomic mass is 10.1. The predicted molar refractivity (Wildman–Crippen MR) is 48.4 cm³/mol. The van der Waals surface area contributed by atoms with Crippen molar-refractivity contribution in [2.24, 2.45) is 0 Å². The van der Waals surface area contributed by atoms with Gasteiger partial charge in [-0.25, -0.2) is 4.39 Å². The highest BCUT2D eigenvalue weighted by molar-refractivity contribution is 5.38. The van der Waals surface area contributed by atoms with Crippen LogP contribution in [0.25, 0.3) is 0 Å². The summed E-state index contributed by atoms with van der Waals surface area (Å²) >= 11 is 0. The SMILES string of the molecule is C[C@H](O)Cc1c(F)ccc([N+](=O)[O-])c1F. The van der Waals surface area contributed by atoms with E-state index in [4.69, 9.17) is 5.11 Å². The Morgan fingerprint density at radius 3 is 2.60 bits per heavy atom. The summed E-state index contributed by atoms with van der Waals surface area (Å²) in [6.07, 6.45) is -1.25. The van der Waals surface area contributed by atoms with Crippen LogP contribution in [0.15, 0.2) is 12.1 Å². The van der Waals surface area contributed by atoms with Gasteiger partial charge in [-0.15, -0.1) is 0 Å². The maximum atomic E-state index is 13.4. The first kappa shape index (κ1) is 11.5. The first-order chi connectivity index (χ1) is 6.93. The molecule has 0 aliphatic carbocycles. The molecule has 0 aliphatic heterocycles. The molecule has 0 saturated heterocycles. The van der Waals surface area contributed by atoms with Crippen molar-refractivity contribution < 1.29 is 18.8 Å². The maximum Gasteiger partial charge on any atom is 0.305 e. The molecular weight excluding hydrogens is 208 g/mol. The molecule has 6 heteroatoms. The molecule has 0 bridgehead atoms. The van der Waals surface area contributed by atoms with Gasteiger partial charge in [-0.2, -0.15) is 4.39 Å². The monoisotopic (exact) mass is 217 g/mol. The van der Waals surface area contributed by atoms with E-state index in [0.717, 1.165) is 12.1 Å². The first-order valence-electron chi connectivity index (χ1n) is 4.22.